The molecule has 1 unspecified atom stereocenters. The number of hydrogen-bond acceptors (Lipinski definition) is 6. The molecule has 2 aromatic carbocycles. The van der Waals surface area contributed by atoms with Gasteiger partial charge < -0.3 is 14.6 Å². The summed E-state index contributed by atoms with van der Waals surface area (Å²) in [6.07, 6.45) is 1.72. The van der Waals surface area contributed by atoms with Crippen molar-refractivity contribution < 1.29 is 14.1 Å². The lowest BCUT2D eigenvalue weighted by molar-refractivity contribution is -0.121. The first-order chi connectivity index (χ1) is 15.0. The highest BCUT2D eigenvalue weighted by molar-refractivity contribution is 6.36. The minimum absolute atomic E-state index is 0.0571. The number of rotatable bonds is 6. The largest absolute Gasteiger partial charge is 0.497 e. The van der Waals surface area contributed by atoms with Crippen LogP contribution in [0, 0.1) is 5.92 Å². The molecule has 1 fully saturated rings. The second-order valence-corrected chi connectivity index (χ2v) is 8.27. The number of likely N-dealkylation sites (tertiary alicyclic amines) is 1. The standard InChI is InChI=1S/C22H22Cl2N4O3/c1-30-17-7-4-14(5-8-17)21-26-20(31-27-21)13-28-10-2-3-15(12-28)22(29)25-19-9-6-16(23)11-18(19)24/h4-9,11,15H,2-3,10,12-13H2,1H3,(H,25,29). The third kappa shape index (κ3) is 5.36. The lowest BCUT2D eigenvalue weighted by Crippen LogP contribution is -2.40. The number of carbonyl (C=O) groups excluding carboxylic acids is 1. The normalized spacial score (nSPS) is 16.8. The first kappa shape index (κ1) is 21.6. The van der Waals surface area contributed by atoms with Crippen LogP contribution in [0.1, 0.15) is 18.7 Å². The monoisotopic (exact) mass is 460 g/mol. The molecule has 2 heterocycles. The Hall–Kier alpha value is -2.61. The van der Waals surface area contributed by atoms with E-state index in [0.29, 0.717) is 40.5 Å². The molecule has 162 valence electrons. The van der Waals surface area contributed by atoms with Crippen LogP contribution in [0.2, 0.25) is 10.0 Å². The minimum Gasteiger partial charge on any atom is -0.497 e. The zero-order valence-corrected chi connectivity index (χ0v) is 18.5. The number of benzene rings is 2. The quantitative estimate of drug-likeness (QED) is 0.563. The van der Waals surface area contributed by atoms with Gasteiger partial charge in [-0.05, 0) is 61.9 Å². The van der Waals surface area contributed by atoms with Gasteiger partial charge in [-0.3, -0.25) is 9.69 Å². The summed E-state index contributed by atoms with van der Waals surface area (Å²) in [7, 11) is 1.62. The fraction of sp³-hybridized carbons (Fsp3) is 0.318. The molecule has 0 aliphatic carbocycles. The molecule has 1 atom stereocenters. The van der Waals surface area contributed by atoms with Crippen LogP contribution < -0.4 is 10.1 Å². The van der Waals surface area contributed by atoms with E-state index in [1.165, 1.54) is 0 Å². The summed E-state index contributed by atoms with van der Waals surface area (Å²) < 4.78 is 10.6. The maximum absolute atomic E-state index is 12.8. The summed E-state index contributed by atoms with van der Waals surface area (Å²) in [5.74, 6) is 1.61. The third-order valence-corrected chi connectivity index (χ3v) is 5.79. The first-order valence-electron chi connectivity index (χ1n) is 9.97. The summed E-state index contributed by atoms with van der Waals surface area (Å²) in [5, 5.41) is 7.93. The van der Waals surface area contributed by atoms with Crippen LogP contribution >= 0.6 is 23.2 Å². The van der Waals surface area contributed by atoms with Crippen LogP contribution in [0.25, 0.3) is 11.4 Å². The Labute approximate surface area is 190 Å². The number of nitrogens with zero attached hydrogens (tertiary/aromatic N) is 3. The van der Waals surface area contributed by atoms with E-state index in [0.717, 1.165) is 30.7 Å². The van der Waals surface area contributed by atoms with Gasteiger partial charge in [0.15, 0.2) is 0 Å². The Bertz CT molecular complexity index is 1060. The van der Waals surface area contributed by atoms with Crippen LogP contribution in [0.4, 0.5) is 5.69 Å². The number of ether oxygens (including phenoxy) is 1. The van der Waals surface area contributed by atoms with Gasteiger partial charge in [-0.2, -0.15) is 4.98 Å². The van der Waals surface area contributed by atoms with E-state index in [4.69, 9.17) is 32.5 Å². The van der Waals surface area contributed by atoms with Gasteiger partial charge >= 0.3 is 0 Å². The highest BCUT2D eigenvalue weighted by atomic mass is 35.5. The van der Waals surface area contributed by atoms with Crippen molar-refractivity contribution in [2.45, 2.75) is 19.4 Å². The van der Waals surface area contributed by atoms with Gasteiger partial charge in [0.25, 0.3) is 0 Å². The average Bonchev–Trinajstić information content (AvgIpc) is 3.24. The van der Waals surface area contributed by atoms with Crippen LogP contribution in [0.3, 0.4) is 0 Å². The van der Waals surface area contributed by atoms with E-state index in [9.17, 15) is 4.79 Å². The van der Waals surface area contributed by atoms with E-state index in [-0.39, 0.29) is 11.8 Å². The molecule has 1 aliphatic rings. The number of methoxy groups -OCH3 is 1. The number of piperidine rings is 1. The Morgan fingerprint density at radius 3 is 2.81 bits per heavy atom. The van der Waals surface area contributed by atoms with Gasteiger partial charge in [-0.1, -0.05) is 28.4 Å². The molecule has 1 saturated heterocycles. The van der Waals surface area contributed by atoms with Crippen molar-refractivity contribution in [3.8, 4) is 17.1 Å². The molecule has 0 radical (unpaired) electrons. The average molecular weight is 461 g/mol. The highest BCUT2D eigenvalue weighted by Crippen LogP contribution is 2.27. The fourth-order valence-corrected chi connectivity index (χ4v) is 4.06. The van der Waals surface area contributed by atoms with Gasteiger partial charge in [-0.25, -0.2) is 0 Å². The maximum atomic E-state index is 12.8. The van der Waals surface area contributed by atoms with Crippen molar-refractivity contribution in [3.63, 3.8) is 0 Å². The molecule has 7 nitrogen and oxygen atoms in total. The lowest BCUT2D eigenvalue weighted by atomic mass is 9.97. The zero-order chi connectivity index (χ0) is 21.8. The minimum atomic E-state index is -0.149. The number of amides is 1. The van der Waals surface area contributed by atoms with Crippen molar-refractivity contribution in [3.05, 3.63) is 58.4 Å². The number of hydrogen-bond donors (Lipinski definition) is 1. The Balaban J connectivity index is 1.36. The van der Waals surface area contributed by atoms with Crippen molar-refractivity contribution >= 4 is 34.8 Å². The lowest BCUT2D eigenvalue weighted by Gasteiger charge is -2.30. The fourth-order valence-electron chi connectivity index (χ4n) is 3.61. The topological polar surface area (TPSA) is 80.5 Å². The summed E-state index contributed by atoms with van der Waals surface area (Å²) in [5.41, 5.74) is 1.42. The number of nitrogens with one attached hydrogen (secondary N) is 1. The summed E-state index contributed by atoms with van der Waals surface area (Å²) in [4.78, 5) is 19.4. The summed E-state index contributed by atoms with van der Waals surface area (Å²) in [6.45, 7) is 1.97. The maximum Gasteiger partial charge on any atom is 0.241 e. The second-order valence-electron chi connectivity index (χ2n) is 7.43. The van der Waals surface area contributed by atoms with Gasteiger partial charge in [0.1, 0.15) is 5.75 Å². The molecule has 0 saturated carbocycles. The summed E-state index contributed by atoms with van der Waals surface area (Å²) >= 11 is 12.1. The number of anilines is 1. The van der Waals surface area contributed by atoms with E-state index < -0.39 is 0 Å². The molecule has 1 aromatic heterocycles. The third-order valence-electron chi connectivity index (χ3n) is 5.24. The molecule has 31 heavy (non-hydrogen) atoms. The van der Waals surface area contributed by atoms with E-state index in [1.807, 2.05) is 24.3 Å². The number of carbonyl (C=O) groups is 1. The predicted molar refractivity (Wildman–Crippen MR) is 119 cm³/mol. The molecule has 3 aromatic rings. The highest BCUT2D eigenvalue weighted by Gasteiger charge is 2.27. The van der Waals surface area contributed by atoms with Crippen molar-refractivity contribution in [2.75, 3.05) is 25.5 Å². The SMILES string of the molecule is COc1ccc(-c2noc(CN3CCCC(C(=O)Nc4ccc(Cl)cc4Cl)C3)n2)cc1. The molecule has 9 heteroatoms. The van der Waals surface area contributed by atoms with E-state index in [1.54, 1.807) is 25.3 Å². The van der Waals surface area contributed by atoms with Crippen molar-refractivity contribution in [2.24, 2.45) is 5.92 Å². The number of halogens is 2. The summed E-state index contributed by atoms with van der Waals surface area (Å²) in [6, 6.07) is 12.5. The van der Waals surface area contributed by atoms with E-state index in [2.05, 4.69) is 20.4 Å². The van der Waals surface area contributed by atoms with Gasteiger partial charge in [0.05, 0.1) is 30.3 Å². The van der Waals surface area contributed by atoms with Crippen LogP contribution in [0.5, 0.6) is 5.75 Å². The molecular weight excluding hydrogens is 439 g/mol. The molecular formula is C22H22Cl2N4O3. The second kappa shape index (κ2) is 9.68. The van der Waals surface area contributed by atoms with Crippen LogP contribution in [-0.4, -0.2) is 41.1 Å². The number of aromatic nitrogens is 2. The van der Waals surface area contributed by atoms with Crippen molar-refractivity contribution in [1.82, 2.24) is 15.0 Å². The molecule has 1 amide bonds. The zero-order valence-electron chi connectivity index (χ0n) is 17.0. The van der Waals surface area contributed by atoms with Crippen LogP contribution in [-0.2, 0) is 11.3 Å². The molecule has 0 spiro atoms. The molecule has 4 rings (SSSR count). The Kier molecular flexibility index (Phi) is 6.75. The predicted octanol–water partition coefficient (Wildman–Crippen LogP) is 4.90. The van der Waals surface area contributed by atoms with Crippen molar-refractivity contribution in [1.29, 1.82) is 0 Å². The van der Waals surface area contributed by atoms with E-state index >= 15 is 0 Å². The van der Waals surface area contributed by atoms with Gasteiger partial charge in [-0.15, -0.1) is 0 Å². The smallest absolute Gasteiger partial charge is 0.241 e. The van der Waals surface area contributed by atoms with Gasteiger partial charge in [0, 0.05) is 17.1 Å². The van der Waals surface area contributed by atoms with Gasteiger partial charge in [0.2, 0.25) is 17.6 Å². The van der Waals surface area contributed by atoms with Crippen LogP contribution in [0.15, 0.2) is 47.0 Å². The first-order valence-corrected chi connectivity index (χ1v) is 10.7. The molecule has 0 bridgehead atoms. The Morgan fingerprint density at radius 2 is 2.06 bits per heavy atom. The molecule has 1 N–H and O–H groups in total. The Morgan fingerprint density at radius 1 is 1.26 bits per heavy atom. The molecule has 1 aliphatic heterocycles.